The van der Waals surface area contributed by atoms with Gasteiger partial charge in [-0.25, -0.2) is 0 Å². The van der Waals surface area contributed by atoms with Crippen molar-refractivity contribution < 1.29 is 28.1 Å². The highest BCUT2D eigenvalue weighted by atomic mass is 19.4. The number of alkyl halides is 3. The van der Waals surface area contributed by atoms with Crippen molar-refractivity contribution in [1.82, 2.24) is 0 Å². The zero-order valence-corrected chi connectivity index (χ0v) is 9.44. The molecule has 0 amide bonds. The zero-order valence-electron chi connectivity index (χ0n) is 9.44. The molecule has 0 unspecified atom stereocenters. The number of hydrogen-bond donors (Lipinski definition) is 2. The fourth-order valence-corrected chi connectivity index (χ4v) is 1.29. The smallest absolute Gasteiger partial charge is 0.414 e. The molecular formula is C12H13F3O3. The van der Waals surface area contributed by atoms with Crippen molar-refractivity contribution in [3.8, 4) is 5.75 Å². The molecule has 0 heterocycles. The normalized spacial score (nSPS) is 12.6. The SMILES string of the molecule is OCCOc1ccccc1/C=C(/CO)C(F)(F)F. The fourth-order valence-electron chi connectivity index (χ4n) is 1.29. The summed E-state index contributed by atoms with van der Waals surface area (Å²) >= 11 is 0. The van der Waals surface area contributed by atoms with Crippen molar-refractivity contribution in [1.29, 1.82) is 0 Å². The van der Waals surface area contributed by atoms with Gasteiger partial charge in [-0.15, -0.1) is 0 Å². The molecule has 0 aromatic heterocycles. The second-order valence-corrected chi connectivity index (χ2v) is 3.44. The average Bonchev–Trinajstić information content (AvgIpc) is 2.33. The Bertz CT molecular complexity index is 413. The van der Waals surface area contributed by atoms with E-state index in [2.05, 4.69) is 0 Å². The molecule has 0 radical (unpaired) electrons. The first-order valence-electron chi connectivity index (χ1n) is 5.20. The van der Waals surface area contributed by atoms with Gasteiger partial charge in [-0.05, 0) is 12.1 Å². The lowest BCUT2D eigenvalue weighted by molar-refractivity contribution is -0.0964. The first kappa shape index (κ1) is 14.5. The number of para-hydroxylation sites is 1. The maximum atomic E-state index is 12.5. The van der Waals surface area contributed by atoms with Gasteiger partial charge in [0.15, 0.2) is 0 Å². The molecule has 1 aromatic carbocycles. The quantitative estimate of drug-likeness (QED) is 0.853. The third-order valence-electron chi connectivity index (χ3n) is 2.13. The summed E-state index contributed by atoms with van der Waals surface area (Å²) in [6.45, 7) is -1.34. The highest BCUT2D eigenvalue weighted by molar-refractivity contribution is 5.60. The van der Waals surface area contributed by atoms with E-state index in [-0.39, 0.29) is 24.5 Å². The van der Waals surface area contributed by atoms with Gasteiger partial charge >= 0.3 is 6.18 Å². The number of aliphatic hydroxyl groups excluding tert-OH is 2. The molecule has 2 N–H and O–H groups in total. The van der Waals surface area contributed by atoms with Gasteiger partial charge in [0.1, 0.15) is 12.4 Å². The van der Waals surface area contributed by atoms with E-state index >= 15 is 0 Å². The highest BCUT2D eigenvalue weighted by Crippen LogP contribution is 2.29. The Labute approximate surface area is 102 Å². The molecule has 6 heteroatoms. The van der Waals surface area contributed by atoms with Crippen LogP contribution in [-0.4, -0.2) is 36.2 Å². The lowest BCUT2D eigenvalue weighted by atomic mass is 10.1. The van der Waals surface area contributed by atoms with Crippen molar-refractivity contribution in [2.24, 2.45) is 0 Å². The van der Waals surface area contributed by atoms with Crippen LogP contribution in [0.3, 0.4) is 0 Å². The van der Waals surface area contributed by atoms with Crippen molar-refractivity contribution in [3.63, 3.8) is 0 Å². The molecule has 0 aliphatic carbocycles. The number of halogens is 3. The Morgan fingerprint density at radius 3 is 2.44 bits per heavy atom. The second-order valence-electron chi connectivity index (χ2n) is 3.44. The van der Waals surface area contributed by atoms with Crippen LogP contribution in [0.25, 0.3) is 6.08 Å². The van der Waals surface area contributed by atoms with Crippen molar-refractivity contribution in [2.75, 3.05) is 19.8 Å². The summed E-state index contributed by atoms with van der Waals surface area (Å²) in [6.07, 6.45) is -3.76. The second kappa shape index (κ2) is 6.42. The summed E-state index contributed by atoms with van der Waals surface area (Å²) in [7, 11) is 0. The van der Waals surface area contributed by atoms with E-state index in [0.29, 0.717) is 0 Å². The molecule has 0 fully saturated rings. The third kappa shape index (κ3) is 4.05. The Morgan fingerprint density at radius 1 is 1.22 bits per heavy atom. The number of rotatable bonds is 5. The van der Waals surface area contributed by atoms with Gasteiger partial charge in [0.2, 0.25) is 0 Å². The standard InChI is InChI=1S/C12H13F3O3/c13-12(14,15)10(8-17)7-9-3-1-2-4-11(9)18-6-5-16/h1-4,7,16-17H,5-6,8H2/b10-7-. The lowest BCUT2D eigenvalue weighted by Crippen LogP contribution is -2.15. The van der Waals surface area contributed by atoms with Gasteiger partial charge in [0.25, 0.3) is 0 Å². The molecule has 1 aromatic rings. The minimum atomic E-state index is -4.58. The van der Waals surface area contributed by atoms with E-state index in [1.165, 1.54) is 12.1 Å². The summed E-state index contributed by atoms with van der Waals surface area (Å²) in [5, 5.41) is 17.3. The minimum Gasteiger partial charge on any atom is -0.491 e. The molecule has 0 saturated heterocycles. The highest BCUT2D eigenvalue weighted by Gasteiger charge is 2.32. The maximum absolute atomic E-state index is 12.5. The molecule has 18 heavy (non-hydrogen) atoms. The van der Waals surface area contributed by atoms with Gasteiger partial charge in [-0.3, -0.25) is 0 Å². The third-order valence-corrected chi connectivity index (χ3v) is 2.13. The maximum Gasteiger partial charge on any atom is 0.414 e. The van der Waals surface area contributed by atoms with Gasteiger partial charge in [-0.2, -0.15) is 13.2 Å². The van der Waals surface area contributed by atoms with Crippen LogP contribution in [0.15, 0.2) is 29.8 Å². The number of benzene rings is 1. The summed E-state index contributed by atoms with van der Waals surface area (Å²) in [6, 6.07) is 6.10. The Morgan fingerprint density at radius 2 is 1.89 bits per heavy atom. The fraction of sp³-hybridized carbons (Fsp3) is 0.333. The first-order valence-corrected chi connectivity index (χ1v) is 5.20. The molecule has 0 spiro atoms. The molecule has 0 saturated carbocycles. The van der Waals surface area contributed by atoms with Crippen LogP contribution in [0, 0.1) is 0 Å². The van der Waals surface area contributed by atoms with E-state index in [9.17, 15) is 13.2 Å². The summed E-state index contributed by atoms with van der Waals surface area (Å²) in [4.78, 5) is 0. The number of hydrogen-bond acceptors (Lipinski definition) is 3. The molecule has 0 atom stereocenters. The van der Waals surface area contributed by atoms with Crippen LogP contribution >= 0.6 is 0 Å². The van der Waals surface area contributed by atoms with Crippen LogP contribution in [-0.2, 0) is 0 Å². The topological polar surface area (TPSA) is 49.7 Å². The van der Waals surface area contributed by atoms with Gasteiger partial charge in [-0.1, -0.05) is 18.2 Å². The molecular weight excluding hydrogens is 249 g/mol. The zero-order chi connectivity index (χ0) is 13.6. The Balaban J connectivity index is 3.05. The number of aliphatic hydroxyl groups is 2. The largest absolute Gasteiger partial charge is 0.491 e. The monoisotopic (exact) mass is 262 g/mol. The summed E-state index contributed by atoms with van der Waals surface area (Å²) < 4.78 is 42.5. The van der Waals surface area contributed by atoms with Gasteiger partial charge in [0, 0.05) is 5.56 Å². The predicted molar refractivity (Wildman–Crippen MR) is 60.1 cm³/mol. The first-order chi connectivity index (χ1) is 8.49. The van der Waals surface area contributed by atoms with Gasteiger partial charge in [0.05, 0.1) is 18.8 Å². The minimum absolute atomic E-state index is 0.00860. The van der Waals surface area contributed by atoms with Crippen molar-refractivity contribution >= 4 is 6.08 Å². The van der Waals surface area contributed by atoms with Crippen molar-refractivity contribution in [2.45, 2.75) is 6.18 Å². The van der Waals surface area contributed by atoms with E-state index in [1.54, 1.807) is 12.1 Å². The van der Waals surface area contributed by atoms with Crippen LogP contribution in [0.4, 0.5) is 13.2 Å². The van der Waals surface area contributed by atoms with E-state index < -0.39 is 18.4 Å². The Kier molecular flexibility index (Phi) is 5.18. The molecule has 0 aliphatic rings. The van der Waals surface area contributed by atoms with E-state index in [1.807, 2.05) is 0 Å². The molecule has 0 bridgehead atoms. The number of ether oxygens (including phenoxy) is 1. The van der Waals surface area contributed by atoms with Crippen LogP contribution in [0.5, 0.6) is 5.75 Å². The van der Waals surface area contributed by atoms with Crippen molar-refractivity contribution in [3.05, 3.63) is 35.4 Å². The summed E-state index contributed by atoms with van der Waals surface area (Å²) in [5.74, 6) is 0.224. The lowest BCUT2D eigenvalue weighted by Gasteiger charge is -2.11. The molecule has 1 rings (SSSR count). The van der Waals surface area contributed by atoms with Crippen LogP contribution < -0.4 is 4.74 Å². The van der Waals surface area contributed by atoms with Crippen LogP contribution in [0.1, 0.15) is 5.56 Å². The molecule has 100 valence electrons. The van der Waals surface area contributed by atoms with E-state index in [0.717, 1.165) is 6.08 Å². The predicted octanol–water partition coefficient (Wildman–Crippen LogP) is 2.00. The Hall–Kier alpha value is -1.53. The molecule has 3 nitrogen and oxygen atoms in total. The van der Waals surface area contributed by atoms with Gasteiger partial charge < -0.3 is 14.9 Å². The van der Waals surface area contributed by atoms with Crippen LogP contribution in [0.2, 0.25) is 0 Å². The summed E-state index contributed by atoms with van der Waals surface area (Å²) in [5.41, 5.74) is -0.852. The average molecular weight is 262 g/mol. The molecule has 0 aliphatic heterocycles. The van der Waals surface area contributed by atoms with E-state index in [4.69, 9.17) is 14.9 Å².